The molecule has 5 nitrogen and oxygen atoms in total. The van der Waals surface area contributed by atoms with Gasteiger partial charge in [-0.05, 0) is 65.3 Å². The summed E-state index contributed by atoms with van der Waals surface area (Å²) in [6, 6.07) is 0.459. The number of carbonyl (C=O) groups is 1. The Morgan fingerprint density at radius 3 is 2.65 bits per heavy atom. The van der Waals surface area contributed by atoms with Gasteiger partial charge in [-0.1, -0.05) is 13.3 Å². The molecule has 1 heterocycles. The number of aliphatic hydroxyl groups excluding tert-OH is 1. The van der Waals surface area contributed by atoms with Crippen LogP contribution in [0.2, 0.25) is 0 Å². The molecule has 0 saturated carbocycles. The molecule has 0 aliphatic carbocycles. The van der Waals surface area contributed by atoms with Crippen LogP contribution in [0.25, 0.3) is 0 Å². The van der Waals surface area contributed by atoms with E-state index in [1.807, 2.05) is 25.7 Å². The molecule has 2 atom stereocenters. The summed E-state index contributed by atoms with van der Waals surface area (Å²) in [7, 11) is 0. The van der Waals surface area contributed by atoms with Gasteiger partial charge in [0.15, 0.2) is 0 Å². The molecule has 1 aliphatic heterocycles. The second-order valence-electron chi connectivity index (χ2n) is 7.67. The van der Waals surface area contributed by atoms with Crippen LogP contribution in [0.5, 0.6) is 0 Å². The Morgan fingerprint density at radius 2 is 2.04 bits per heavy atom. The number of ether oxygens (including phenoxy) is 1. The molecule has 0 aromatic rings. The van der Waals surface area contributed by atoms with Crippen LogP contribution in [0.3, 0.4) is 0 Å². The van der Waals surface area contributed by atoms with Crippen molar-refractivity contribution in [1.82, 2.24) is 10.2 Å². The Labute approximate surface area is 141 Å². The number of nitrogens with one attached hydrogen (secondary N) is 1. The zero-order valence-corrected chi connectivity index (χ0v) is 15.4. The lowest BCUT2D eigenvalue weighted by Crippen LogP contribution is -2.38. The fraction of sp³-hybridized carbons (Fsp3) is 0.944. The molecule has 1 saturated heterocycles. The highest BCUT2D eigenvalue weighted by atomic mass is 16.6. The number of carbonyl (C=O) groups excluding carboxylic acids is 1. The first-order valence-corrected chi connectivity index (χ1v) is 9.18. The Balaban J connectivity index is 2.38. The monoisotopic (exact) mass is 328 g/mol. The minimum absolute atomic E-state index is 0.192. The van der Waals surface area contributed by atoms with Crippen LogP contribution in [0.1, 0.15) is 66.2 Å². The number of rotatable bonds is 7. The van der Waals surface area contributed by atoms with Crippen LogP contribution in [0.4, 0.5) is 4.79 Å². The van der Waals surface area contributed by atoms with Crippen molar-refractivity contribution in [1.29, 1.82) is 0 Å². The minimum atomic E-state index is -0.432. The lowest BCUT2D eigenvalue weighted by atomic mass is 9.99. The van der Waals surface area contributed by atoms with Gasteiger partial charge in [0.2, 0.25) is 0 Å². The highest BCUT2D eigenvalue weighted by Crippen LogP contribution is 2.17. The Kier molecular flexibility index (Phi) is 8.92. The van der Waals surface area contributed by atoms with Gasteiger partial charge < -0.3 is 20.1 Å². The topological polar surface area (TPSA) is 61.8 Å². The lowest BCUT2D eigenvalue weighted by molar-refractivity contribution is 0.0256. The molecule has 1 rings (SSSR count). The number of amides is 1. The molecular formula is C18H36N2O3. The number of aliphatic hydroxyl groups is 1. The molecule has 2 N–H and O–H groups in total. The molecule has 0 aromatic heterocycles. The van der Waals surface area contributed by atoms with Crippen molar-refractivity contribution < 1.29 is 14.6 Å². The van der Waals surface area contributed by atoms with Crippen molar-refractivity contribution in [3.8, 4) is 0 Å². The molecule has 136 valence electrons. The normalized spacial score (nSPS) is 20.9. The van der Waals surface area contributed by atoms with Crippen molar-refractivity contribution in [3.63, 3.8) is 0 Å². The molecule has 0 spiro atoms. The molecule has 2 unspecified atom stereocenters. The molecular weight excluding hydrogens is 292 g/mol. The summed E-state index contributed by atoms with van der Waals surface area (Å²) in [5.41, 5.74) is -0.432. The van der Waals surface area contributed by atoms with Crippen LogP contribution >= 0.6 is 0 Å². The van der Waals surface area contributed by atoms with E-state index in [0.29, 0.717) is 12.0 Å². The molecule has 0 radical (unpaired) electrons. The van der Waals surface area contributed by atoms with Gasteiger partial charge in [0.1, 0.15) is 5.60 Å². The average Bonchev–Trinajstić information content (AvgIpc) is 2.69. The second-order valence-corrected chi connectivity index (χ2v) is 7.67. The van der Waals surface area contributed by atoms with Gasteiger partial charge in [-0.2, -0.15) is 0 Å². The van der Waals surface area contributed by atoms with Crippen LogP contribution in [-0.2, 0) is 4.74 Å². The maximum Gasteiger partial charge on any atom is 0.410 e. The lowest BCUT2D eigenvalue weighted by Gasteiger charge is -2.26. The van der Waals surface area contributed by atoms with Crippen molar-refractivity contribution in [2.45, 2.75) is 77.9 Å². The molecule has 5 heteroatoms. The van der Waals surface area contributed by atoms with Crippen molar-refractivity contribution in [2.24, 2.45) is 5.92 Å². The van der Waals surface area contributed by atoms with Gasteiger partial charge >= 0.3 is 6.09 Å². The highest BCUT2D eigenvalue weighted by molar-refractivity contribution is 5.68. The summed E-state index contributed by atoms with van der Waals surface area (Å²) in [6.45, 7) is 10.7. The quantitative estimate of drug-likeness (QED) is 0.753. The second kappa shape index (κ2) is 10.1. The van der Waals surface area contributed by atoms with Gasteiger partial charge in [-0.25, -0.2) is 4.79 Å². The highest BCUT2D eigenvalue weighted by Gasteiger charge is 2.25. The van der Waals surface area contributed by atoms with E-state index in [9.17, 15) is 4.79 Å². The van der Waals surface area contributed by atoms with Crippen LogP contribution in [-0.4, -0.2) is 54.0 Å². The predicted molar refractivity (Wildman–Crippen MR) is 93.5 cm³/mol. The largest absolute Gasteiger partial charge is 0.444 e. The van der Waals surface area contributed by atoms with Crippen LogP contribution < -0.4 is 5.32 Å². The molecule has 1 fully saturated rings. The first-order valence-electron chi connectivity index (χ1n) is 9.18. The zero-order valence-electron chi connectivity index (χ0n) is 15.4. The smallest absolute Gasteiger partial charge is 0.410 e. The fourth-order valence-electron chi connectivity index (χ4n) is 3.08. The Bertz CT molecular complexity index is 336. The van der Waals surface area contributed by atoms with Crippen LogP contribution in [0.15, 0.2) is 0 Å². The van der Waals surface area contributed by atoms with Gasteiger partial charge in [-0.3, -0.25) is 0 Å². The summed E-state index contributed by atoms with van der Waals surface area (Å²) >= 11 is 0. The van der Waals surface area contributed by atoms with E-state index >= 15 is 0 Å². The summed E-state index contributed by atoms with van der Waals surface area (Å²) < 4.78 is 5.47. The van der Waals surface area contributed by atoms with Gasteiger partial charge in [0, 0.05) is 25.7 Å². The molecule has 23 heavy (non-hydrogen) atoms. The average molecular weight is 328 g/mol. The standard InChI is InChI=1S/C18H36N2O3/c1-5-7-15(10-13-21)14-19-16-8-6-11-20(12-9-16)17(22)23-18(2,3)4/h15-16,19,21H,5-14H2,1-4H3. The first kappa shape index (κ1) is 20.2. The Hall–Kier alpha value is -0.810. The van der Waals surface area contributed by atoms with E-state index in [-0.39, 0.29) is 12.7 Å². The third-order valence-electron chi connectivity index (χ3n) is 4.31. The van der Waals surface area contributed by atoms with Gasteiger partial charge in [0.25, 0.3) is 0 Å². The van der Waals surface area contributed by atoms with Crippen molar-refractivity contribution >= 4 is 6.09 Å². The Morgan fingerprint density at radius 1 is 1.30 bits per heavy atom. The molecule has 1 aliphatic rings. The first-order chi connectivity index (χ1) is 10.9. The van der Waals surface area contributed by atoms with E-state index in [4.69, 9.17) is 9.84 Å². The number of nitrogens with zero attached hydrogens (tertiary/aromatic N) is 1. The number of likely N-dealkylation sites (tertiary alicyclic amines) is 1. The van der Waals surface area contributed by atoms with Crippen molar-refractivity contribution in [3.05, 3.63) is 0 Å². The van der Waals surface area contributed by atoms with E-state index in [0.717, 1.165) is 58.2 Å². The molecule has 0 aromatic carbocycles. The van der Waals surface area contributed by atoms with Gasteiger partial charge in [-0.15, -0.1) is 0 Å². The van der Waals surface area contributed by atoms with E-state index in [1.54, 1.807) is 0 Å². The maximum atomic E-state index is 12.2. The number of hydrogen-bond acceptors (Lipinski definition) is 4. The van der Waals surface area contributed by atoms with E-state index in [2.05, 4.69) is 12.2 Å². The zero-order chi connectivity index (χ0) is 17.3. The molecule has 1 amide bonds. The van der Waals surface area contributed by atoms with Crippen LogP contribution in [0, 0.1) is 5.92 Å². The maximum absolute atomic E-state index is 12.2. The summed E-state index contributed by atoms with van der Waals surface area (Å²) in [4.78, 5) is 14.0. The third-order valence-corrected chi connectivity index (χ3v) is 4.31. The number of hydrogen-bond donors (Lipinski definition) is 2. The third kappa shape index (κ3) is 8.56. The minimum Gasteiger partial charge on any atom is -0.444 e. The van der Waals surface area contributed by atoms with Gasteiger partial charge in [0.05, 0.1) is 0 Å². The SMILES string of the molecule is CCCC(CCO)CNC1CCCN(C(=O)OC(C)(C)C)CC1. The van der Waals surface area contributed by atoms with E-state index < -0.39 is 5.60 Å². The summed E-state index contributed by atoms with van der Waals surface area (Å²) in [6.07, 6.45) is 6.07. The van der Waals surface area contributed by atoms with E-state index in [1.165, 1.54) is 0 Å². The van der Waals surface area contributed by atoms with Crippen molar-refractivity contribution in [2.75, 3.05) is 26.2 Å². The summed E-state index contributed by atoms with van der Waals surface area (Å²) in [5, 5.41) is 12.8. The summed E-state index contributed by atoms with van der Waals surface area (Å²) in [5.74, 6) is 0.551. The molecule has 0 bridgehead atoms. The predicted octanol–water partition coefficient (Wildman–Crippen LogP) is 3.16. The fourth-order valence-corrected chi connectivity index (χ4v) is 3.08.